The van der Waals surface area contributed by atoms with Crippen molar-refractivity contribution in [3.05, 3.63) is 31.3 Å². The molecule has 0 saturated heterocycles. The summed E-state index contributed by atoms with van der Waals surface area (Å²) in [6, 6.07) is 5.74. The number of benzene rings is 1. The van der Waals surface area contributed by atoms with Gasteiger partial charge in [-0.1, -0.05) is 0 Å². The van der Waals surface area contributed by atoms with E-state index in [9.17, 15) is 0 Å². The second-order valence-electron chi connectivity index (χ2n) is 2.20. The highest BCUT2D eigenvalue weighted by molar-refractivity contribution is 14.1. The van der Waals surface area contributed by atoms with E-state index in [4.69, 9.17) is 11.0 Å². The molecule has 0 heterocycles. The Hall–Kier alpha value is -0.120. The summed E-state index contributed by atoms with van der Waals surface area (Å²) >= 11 is 5.55. The number of rotatable bonds is 1. The van der Waals surface area contributed by atoms with E-state index in [1.54, 1.807) is 6.07 Å². The number of hydrogen-bond acceptors (Lipinski definition) is 2. The molecule has 62 valence electrons. The molecule has 0 bridgehead atoms. The molecule has 0 radical (unpaired) electrons. The number of halogens is 2. The summed E-state index contributed by atoms with van der Waals surface area (Å²) in [4.78, 5) is 0. The van der Waals surface area contributed by atoms with Crippen molar-refractivity contribution in [3.63, 3.8) is 0 Å². The number of nitrogens with two attached hydrogens (primary N) is 1. The van der Waals surface area contributed by atoms with Crippen LogP contribution in [0.3, 0.4) is 0 Å². The van der Waals surface area contributed by atoms with E-state index in [0.717, 1.165) is 13.6 Å². The minimum Gasteiger partial charge on any atom is -0.326 e. The van der Waals surface area contributed by atoms with Gasteiger partial charge < -0.3 is 5.73 Å². The van der Waals surface area contributed by atoms with Gasteiger partial charge in [0.1, 0.15) is 0 Å². The van der Waals surface area contributed by atoms with Gasteiger partial charge in [0, 0.05) is 14.6 Å². The van der Waals surface area contributed by atoms with Crippen LogP contribution in [0.2, 0.25) is 0 Å². The molecule has 0 saturated carbocycles. The van der Waals surface area contributed by atoms with Crippen LogP contribution in [0.5, 0.6) is 0 Å². The van der Waals surface area contributed by atoms with Crippen LogP contribution < -0.4 is 5.73 Å². The smallest absolute Gasteiger partial charge is 0.0995 e. The zero-order chi connectivity index (χ0) is 9.14. The standard InChI is InChI=1S/C8H6BrIN2/c9-7-2-1-5(3-11)6(4-12)8(7)10/h1-2H,4,12H2. The minimum absolute atomic E-state index is 0.403. The van der Waals surface area contributed by atoms with Gasteiger partial charge in [-0.05, 0) is 56.2 Å². The van der Waals surface area contributed by atoms with E-state index < -0.39 is 0 Å². The summed E-state index contributed by atoms with van der Waals surface area (Å²) in [6.07, 6.45) is 0. The topological polar surface area (TPSA) is 49.8 Å². The number of nitriles is 1. The van der Waals surface area contributed by atoms with Gasteiger partial charge in [-0.3, -0.25) is 0 Å². The van der Waals surface area contributed by atoms with Crippen LogP contribution in [0.25, 0.3) is 0 Å². The maximum atomic E-state index is 8.74. The van der Waals surface area contributed by atoms with E-state index in [-0.39, 0.29) is 0 Å². The Balaban J connectivity index is 3.38. The molecule has 0 aliphatic rings. The van der Waals surface area contributed by atoms with Crippen molar-refractivity contribution in [2.45, 2.75) is 6.54 Å². The molecule has 0 fully saturated rings. The molecule has 1 aromatic carbocycles. The van der Waals surface area contributed by atoms with Gasteiger partial charge in [0.2, 0.25) is 0 Å². The molecule has 0 aliphatic carbocycles. The van der Waals surface area contributed by atoms with Crippen LogP contribution in [-0.4, -0.2) is 0 Å². The Morgan fingerprint density at radius 2 is 2.25 bits per heavy atom. The summed E-state index contributed by atoms with van der Waals surface area (Å²) in [7, 11) is 0. The monoisotopic (exact) mass is 336 g/mol. The van der Waals surface area contributed by atoms with Crippen LogP contribution in [0, 0.1) is 14.9 Å². The Morgan fingerprint density at radius 3 is 2.75 bits per heavy atom. The number of nitrogens with zero attached hydrogens (tertiary/aromatic N) is 1. The average molecular weight is 337 g/mol. The average Bonchev–Trinajstić information content (AvgIpc) is 2.09. The summed E-state index contributed by atoms with van der Waals surface area (Å²) in [5, 5.41) is 8.74. The lowest BCUT2D eigenvalue weighted by Crippen LogP contribution is -2.02. The maximum absolute atomic E-state index is 8.74. The molecule has 2 nitrogen and oxygen atoms in total. The van der Waals surface area contributed by atoms with Crippen LogP contribution >= 0.6 is 38.5 Å². The van der Waals surface area contributed by atoms with E-state index in [1.165, 1.54) is 0 Å². The van der Waals surface area contributed by atoms with Gasteiger partial charge in [-0.15, -0.1) is 0 Å². The maximum Gasteiger partial charge on any atom is 0.0995 e. The van der Waals surface area contributed by atoms with E-state index >= 15 is 0 Å². The van der Waals surface area contributed by atoms with Gasteiger partial charge >= 0.3 is 0 Å². The first-order chi connectivity index (χ1) is 5.70. The Morgan fingerprint density at radius 1 is 1.58 bits per heavy atom. The molecule has 0 aliphatic heterocycles. The van der Waals surface area contributed by atoms with Gasteiger partial charge in [-0.25, -0.2) is 0 Å². The van der Waals surface area contributed by atoms with Crippen molar-refractivity contribution in [1.29, 1.82) is 5.26 Å². The van der Waals surface area contributed by atoms with Gasteiger partial charge in [-0.2, -0.15) is 5.26 Å². The number of hydrogen-bond donors (Lipinski definition) is 1. The zero-order valence-electron chi connectivity index (χ0n) is 6.14. The molecule has 1 rings (SSSR count). The van der Waals surface area contributed by atoms with E-state index in [1.807, 2.05) is 6.07 Å². The third-order valence-corrected chi connectivity index (χ3v) is 4.15. The molecule has 12 heavy (non-hydrogen) atoms. The van der Waals surface area contributed by atoms with Gasteiger partial charge in [0.25, 0.3) is 0 Å². The van der Waals surface area contributed by atoms with Crippen LogP contribution in [0.1, 0.15) is 11.1 Å². The highest BCUT2D eigenvalue weighted by Crippen LogP contribution is 2.24. The summed E-state index contributed by atoms with van der Waals surface area (Å²) in [5.41, 5.74) is 7.09. The molecule has 0 atom stereocenters. The van der Waals surface area contributed by atoms with Crippen LogP contribution in [0.15, 0.2) is 16.6 Å². The highest BCUT2D eigenvalue weighted by atomic mass is 127. The third-order valence-electron chi connectivity index (χ3n) is 1.52. The quantitative estimate of drug-likeness (QED) is 0.800. The predicted molar refractivity (Wildman–Crippen MR) is 59.5 cm³/mol. The molecular weight excluding hydrogens is 331 g/mol. The SMILES string of the molecule is N#Cc1ccc(Br)c(I)c1CN. The Kier molecular flexibility index (Phi) is 3.50. The van der Waals surface area contributed by atoms with E-state index in [2.05, 4.69) is 44.6 Å². The largest absolute Gasteiger partial charge is 0.326 e. The van der Waals surface area contributed by atoms with Gasteiger partial charge in [0.15, 0.2) is 0 Å². The molecule has 4 heteroatoms. The molecule has 1 aromatic rings. The van der Waals surface area contributed by atoms with Gasteiger partial charge in [0.05, 0.1) is 11.6 Å². The highest BCUT2D eigenvalue weighted by Gasteiger charge is 2.07. The van der Waals surface area contributed by atoms with Crippen LogP contribution in [0.4, 0.5) is 0 Å². The normalized spacial score (nSPS) is 9.50. The summed E-state index contributed by atoms with van der Waals surface area (Å²) < 4.78 is 2.01. The molecule has 0 amide bonds. The molecule has 0 spiro atoms. The fourth-order valence-electron chi connectivity index (χ4n) is 0.897. The molecule has 0 aromatic heterocycles. The fourth-order valence-corrected chi connectivity index (χ4v) is 1.96. The molecule has 2 N–H and O–H groups in total. The summed E-state index contributed by atoms with van der Waals surface area (Å²) in [6.45, 7) is 0.403. The van der Waals surface area contributed by atoms with Crippen molar-refractivity contribution in [2.75, 3.05) is 0 Å². The van der Waals surface area contributed by atoms with Crippen molar-refractivity contribution in [3.8, 4) is 6.07 Å². The lowest BCUT2D eigenvalue weighted by atomic mass is 10.1. The summed E-state index contributed by atoms with van der Waals surface area (Å²) in [5.74, 6) is 0. The van der Waals surface area contributed by atoms with Crippen molar-refractivity contribution < 1.29 is 0 Å². The molecule has 0 unspecified atom stereocenters. The second kappa shape index (κ2) is 4.21. The predicted octanol–water partition coefficient (Wildman–Crippen LogP) is 2.38. The minimum atomic E-state index is 0.403. The van der Waals surface area contributed by atoms with E-state index in [0.29, 0.717) is 12.1 Å². The second-order valence-corrected chi connectivity index (χ2v) is 4.14. The van der Waals surface area contributed by atoms with Crippen LogP contribution in [-0.2, 0) is 6.54 Å². The lowest BCUT2D eigenvalue weighted by Gasteiger charge is -2.04. The zero-order valence-corrected chi connectivity index (χ0v) is 9.89. The van der Waals surface area contributed by atoms with Crippen molar-refractivity contribution >= 4 is 38.5 Å². The lowest BCUT2D eigenvalue weighted by molar-refractivity contribution is 1.05. The van der Waals surface area contributed by atoms with Crippen molar-refractivity contribution in [2.24, 2.45) is 5.73 Å². The molecular formula is C8H6BrIN2. The third kappa shape index (κ3) is 1.79. The first kappa shape index (κ1) is 9.96. The van der Waals surface area contributed by atoms with Crippen molar-refractivity contribution in [1.82, 2.24) is 0 Å². The first-order valence-electron chi connectivity index (χ1n) is 3.27. The fraction of sp³-hybridized carbons (Fsp3) is 0.125. The first-order valence-corrected chi connectivity index (χ1v) is 5.15. The Labute approximate surface area is 93.0 Å². The Bertz CT molecular complexity index is 344.